The van der Waals surface area contributed by atoms with E-state index in [1.54, 1.807) is 0 Å². The van der Waals surface area contributed by atoms with E-state index in [1.165, 1.54) is 33.4 Å². The van der Waals surface area contributed by atoms with E-state index in [9.17, 15) is 0 Å². The molecule has 0 radical (unpaired) electrons. The number of aryl methyl sites for hydroxylation is 1. The molecule has 4 nitrogen and oxygen atoms in total. The van der Waals surface area contributed by atoms with Crippen LogP contribution < -0.4 is 5.32 Å². The van der Waals surface area contributed by atoms with Crippen molar-refractivity contribution in [2.24, 2.45) is 7.05 Å². The standard InChI is InChI=1S/C16H18N4/c1-10-18-9-15(20(10)2)12-4-3-5-13-16(12)11-6-7-17-8-14(11)19-13/h3-5,9,17,19H,6-8H2,1-2H3. The third-order valence-electron chi connectivity index (χ3n) is 4.37. The maximum atomic E-state index is 4.44. The van der Waals surface area contributed by atoms with Gasteiger partial charge in [0.15, 0.2) is 0 Å². The van der Waals surface area contributed by atoms with Crippen molar-refractivity contribution in [1.82, 2.24) is 19.9 Å². The van der Waals surface area contributed by atoms with Crippen LogP contribution in [-0.4, -0.2) is 21.1 Å². The van der Waals surface area contributed by atoms with Crippen LogP contribution in [0.4, 0.5) is 0 Å². The molecule has 0 aliphatic carbocycles. The third-order valence-corrected chi connectivity index (χ3v) is 4.37. The van der Waals surface area contributed by atoms with Crippen molar-refractivity contribution in [3.8, 4) is 11.3 Å². The number of rotatable bonds is 1. The molecule has 0 fully saturated rings. The van der Waals surface area contributed by atoms with Crippen molar-refractivity contribution in [3.05, 3.63) is 41.5 Å². The molecule has 4 heteroatoms. The Morgan fingerprint density at radius 2 is 2.20 bits per heavy atom. The summed E-state index contributed by atoms with van der Waals surface area (Å²) in [6.45, 7) is 4.03. The van der Waals surface area contributed by atoms with Crippen LogP contribution in [0.3, 0.4) is 0 Å². The Balaban J connectivity index is 2.04. The van der Waals surface area contributed by atoms with E-state index in [0.717, 1.165) is 25.3 Å². The number of aromatic amines is 1. The molecule has 20 heavy (non-hydrogen) atoms. The fourth-order valence-corrected chi connectivity index (χ4v) is 3.19. The highest BCUT2D eigenvalue weighted by Gasteiger charge is 2.19. The van der Waals surface area contributed by atoms with E-state index in [-0.39, 0.29) is 0 Å². The summed E-state index contributed by atoms with van der Waals surface area (Å²) < 4.78 is 2.16. The number of nitrogens with zero attached hydrogens (tertiary/aromatic N) is 2. The number of fused-ring (bicyclic) bond motifs is 3. The molecule has 3 aromatic rings. The maximum absolute atomic E-state index is 4.44. The maximum Gasteiger partial charge on any atom is 0.105 e. The van der Waals surface area contributed by atoms with Crippen LogP contribution in [0.15, 0.2) is 24.4 Å². The molecule has 0 amide bonds. The molecule has 2 aromatic heterocycles. The van der Waals surface area contributed by atoms with E-state index in [1.807, 2.05) is 13.1 Å². The first kappa shape index (κ1) is 11.7. The van der Waals surface area contributed by atoms with Crippen LogP contribution >= 0.6 is 0 Å². The molecule has 0 saturated carbocycles. The summed E-state index contributed by atoms with van der Waals surface area (Å²) >= 11 is 0. The summed E-state index contributed by atoms with van der Waals surface area (Å²) in [5.41, 5.74) is 6.50. The molecule has 0 bridgehead atoms. The number of benzene rings is 1. The molecule has 0 atom stereocenters. The Morgan fingerprint density at radius 3 is 3.00 bits per heavy atom. The second-order valence-electron chi connectivity index (χ2n) is 5.49. The average Bonchev–Trinajstić information content (AvgIpc) is 3.00. The van der Waals surface area contributed by atoms with Gasteiger partial charge in [0, 0.05) is 35.8 Å². The van der Waals surface area contributed by atoms with Gasteiger partial charge in [0.2, 0.25) is 0 Å². The summed E-state index contributed by atoms with van der Waals surface area (Å²) in [6, 6.07) is 6.49. The fourth-order valence-electron chi connectivity index (χ4n) is 3.19. The fraction of sp³-hybridized carbons (Fsp3) is 0.312. The Bertz CT molecular complexity index is 794. The molecule has 102 valence electrons. The summed E-state index contributed by atoms with van der Waals surface area (Å²) in [7, 11) is 2.08. The van der Waals surface area contributed by atoms with Crippen molar-refractivity contribution >= 4 is 10.9 Å². The van der Waals surface area contributed by atoms with Gasteiger partial charge in [-0.3, -0.25) is 0 Å². The van der Waals surface area contributed by atoms with Gasteiger partial charge in [0.05, 0.1) is 11.9 Å². The number of aromatic nitrogens is 3. The van der Waals surface area contributed by atoms with Gasteiger partial charge in [0.1, 0.15) is 5.82 Å². The van der Waals surface area contributed by atoms with Gasteiger partial charge >= 0.3 is 0 Å². The molecule has 4 rings (SSSR count). The predicted octanol–water partition coefficient (Wildman–Crippen LogP) is 2.52. The van der Waals surface area contributed by atoms with Crippen LogP contribution in [-0.2, 0) is 20.0 Å². The van der Waals surface area contributed by atoms with Crippen LogP contribution in [0.5, 0.6) is 0 Å². The van der Waals surface area contributed by atoms with Gasteiger partial charge in [-0.1, -0.05) is 12.1 Å². The van der Waals surface area contributed by atoms with E-state index >= 15 is 0 Å². The molecular weight excluding hydrogens is 248 g/mol. The summed E-state index contributed by atoms with van der Waals surface area (Å²) in [5, 5.41) is 4.80. The second-order valence-corrected chi connectivity index (χ2v) is 5.49. The Hall–Kier alpha value is -2.07. The minimum atomic E-state index is 0.938. The van der Waals surface area contributed by atoms with Gasteiger partial charge in [0.25, 0.3) is 0 Å². The largest absolute Gasteiger partial charge is 0.357 e. The summed E-state index contributed by atoms with van der Waals surface area (Å²) in [5.74, 6) is 1.04. The average molecular weight is 266 g/mol. The van der Waals surface area contributed by atoms with Gasteiger partial charge < -0.3 is 14.9 Å². The summed E-state index contributed by atoms with van der Waals surface area (Å²) in [4.78, 5) is 8.00. The van der Waals surface area contributed by atoms with Crippen LogP contribution in [0.1, 0.15) is 17.1 Å². The minimum absolute atomic E-state index is 0.938. The van der Waals surface area contributed by atoms with E-state index < -0.39 is 0 Å². The second kappa shape index (κ2) is 4.21. The third kappa shape index (κ3) is 1.55. The van der Waals surface area contributed by atoms with Crippen molar-refractivity contribution < 1.29 is 0 Å². The number of H-pyrrole nitrogens is 1. The van der Waals surface area contributed by atoms with Gasteiger partial charge in [-0.2, -0.15) is 0 Å². The smallest absolute Gasteiger partial charge is 0.105 e. The first-order valence-corrected chi connectivity index (χ1v) is 7.07. The first-order valence-electron chi connectivity index (χ1n) is 7.07. The lowest BCUT2D eigenvalue weighted by atomic mass is 9.99. The van der Waals surface area contributed by atoms with E-state index in [0.29, 0.717) is 0 Å². The zero-order chi connectivity index (χ0) is 13.7. The molecular formula is C16H18N4. The topological polar surface area (TPSA) is 45.6 Å². The Kier molecular flexibility index (Phi) is 2.47. The van der Waals surface area contributed by atoms with E-state index in [2.05, 4.69) is 45.1 Å². The summed E-state index contributed by atoms with van der Waals surface area (Å²) in [6.07, 6.45) is 3.06. The van der Waals surface area contributed by atoms with Gasteiger partial charge in [-0.05, 0) is 31.5 Å². The number of imidazole rings is 1. The molecule has 3 heterocycles. The SMILES string of the molecule is Cc1ncc(-c2cccc3[nH]c4c(c23)CCNC4)n1C. The normalized spacial score (nSPS) is 14.7. The number of hydrogen-bond acceptors (Lipinski definition) is 2. The Morgan fingerprint density at radius 1 is 1.30 bits per heavy atom. The lowest BCUT2D eigenvalue weighted by molar-refractivity contribution is 0.637. The lowest BCUT2D eigenvalue weighted by Crippen LogP contribution is -2.23. The van der Waals surface area contributed by atoms with Crippen molar-refractivity contribution in [2.45, 2.75) is 19.9 Å². The molecule has 0 spiro atoms. The van der Waals surface area contributed by atoms with Crippen molar-refractivity contribution in [1.29, 1.82) is 0 Å². The molecule has 2 N–H and O–H groups in total. The molecule has 1 aliphatic rings. The van der Waals surface area contributed by atoms with Crippen LogP contribution in [0.2, 0.25) is 0 Å². The molecule has 0 unspecified atom stereocenters. The van der Waals surface area contributed by atoms with Gasteiger partial charge in [-0.15, -0.1) is 0 Å². The highest BCUT2D eigenvalue weighted by molar-refractivity contribution is 5.98. The monoisotopic (exact) mass is 266 g/mol. The van der Waals surface area contributed by atoms with Gasteiger partial charge in [-0.25, -0.2) is 4.98 Å². The minimum Gasteiger partial charge on any atom is -0.357 e. The highest BCUT2D eigenvalue weighted by Crippen LogP contribution is 2.34. The highest BCUT2D eigenvalue weighted by atomic mass is 15.0. The zero-order valence-electron chi connectivity index (χ0n) is 11.8. The van der Waals surface area contributed by atoms with Crippen LogP contribution in [0, 0.1) is 6.92 Å². The zero-order valence-corrected chi connectivity index (χ0v) is 11.8. The van der Waals surface area contributed by atoms with Crippen molar-refractivity contribution in [2.75, 3.05) is 6.54 Å². The lowest BCUT2D eigenvalue weighted by Gasteiger charge is -2.14. The molecule has 1 aliphatic heterocycles. The number of hydrogen-bond donors (Lipinski definition) is 2. The Labute approximate surface area is 117 Å². The van der Waals surface area contributed by atoms with Crippen molar-refractivity contribution in [3.63, 3.8) is 0 Å². The first-order chi connectivity index (χ1) is 9.75. The predicted molar refractivity (Wildman–Crippen MR) is 80.6 cm³/mol. The van der Waals surface area contributed by atoms with E-state index in [4.69, 9.17) is 0 Å². The molecule has 1 aromatic carbocycles. The quantitative estimate of drug-likeness (QED) is 0.711. The molecule has 0 saturated heterocycles. The van der Waals surface area contributed by atoms with Crippen LogP contribution in [0.25, 0.3) is 22.2 Å². The number of nitrogens with one attached hydrogen (secondary N) is 2.